The molecule has 1 saturated carbocycles. The highest BCUT2D eigenvalue weighted by Crippen LogP contribution is 2.53. The first-order valence-electron chi connectivity index (χ1n) is 7.96. The normalized spacial score (nSPS) is 23.0. The maximum atomic E-state index is 11.5. The number of rotatable bonds is 4. The van der Waals surface area contributed by atoms with Crippen molar-refractivity contribution in [1.29, 1.82) is 0 Å². The Labute approximate surface area is 137 Å². The third kappa shape index (κ3) is 2.96. The third-order valence-corrected chi connectivity index (χ3v) is 4.93. The minimum atomic E-state index is -0.287. The van der Waals surface area contributed by atoms with Crippen molar-refractivity contribution in [2.75, 3.05) is 14.2 Å². The Morgan fingerprint density at radius 3 is 2.09 bits per heavy atom. The fourth-order valence-corrected chi connectivity index (χ4v) is 3.61. The Bertz CT molecular complexity index is 673. The van der Waals surface area contributed by atoms with E-state index in [0.29, 0.717) is 23.3 Å². The molecule has 1 fully saturated rings. The van der Waals surface area contributed by atoms with Crippen molar-refractivity contribution in [2.24, 2.45) is 5.92 Å². The molecule has 2 aromatic rings. The molecule has 0 radical (unpaired) electrons. The van der Waals surface area contributed by atoms with Gasteiger partial charge in [0.05, 0.1) is 19.8 Å². The zero-order chi connectivity index (χ0) is 16.4. The predicted molar refractivity (Wildman–Crippen MR) is 90.0 cm³/mol. The van der Waals surface area contributed by atoms with Crippen LogP contribution in [0.25, 0.3) is 0 Å². The molecule has 0 heterocycles. The molecular formula is C20H22O3. The van der Waals surface area contributed by atoms with Crippen LogP contribution in [0.1, 0.15) is 46.7 Å². The Hall–Kier alpha value is -2.29. The van der Waals surface area contributed by atoms with Gasteiger partial charge >= 0.3 is 5.97 Å². The fraction of sp³-hybridized carbons (Fsp3) is 0.350. The van der Waals surface area contributed by atoms with Gasteiger partial charge in [0, 0.05) is 0 Å². The van der Waals surface area contributed by atoms with Crippen molar-refractivity contribution in [3.63, 3.8) is 0 Å². The Morgan fingerprint density at radius 1 is 0.957 bits per heavy atom. The number of ether oxygens (including phenoxy) is 2. The van der Waals surface area contributed by atoms with Crippen LogP contribution >= 0.6 is 0 Å². The van der Waals surface area contributed by atoms with Crippen molar-refractivity contribution in [3.05, 3.63) is 65.2 Å². The molecule has 1 aliphatic carbocycles. The van der Waals surface area contributed by atoms with E-state index in [0.717, 1.165) is 5.75 Å². The topological polar surface area (TPSA) is 35.5 Å². The molecule has 0 spiro atoms. The highest BCUT2D eigenvalue weighted by molar-refractivity contribution is 5.89. The van der Waals surface area contributed by atoms with Gasteiger partial charge in [0.1, 0.15) is 5.75 Å². The number of hydrogen-bond acceptors (Lipinski definition) is 3. The number of methoxy groups -OCH3 is 2. The molecule has 23 heavy (non-hydrogen) atoms. The summed E-state index contributed by atoms with van der Waals surface area (Å²) in [6.45, 7) is 2.30. The van der Waals surface area contributed by atoms with E-state index in [2.05, 4.69) is 31.2 Å². The van der Waals surface area contributed by atoms with E-state index in [1.165, 1.54) is 24.7 Å². The lowest BCUT2D eigenvalue weighted by atomic mass is 9.60. The molecule has 0 saturated heterocycles. The van der Waals surface area contributed by atoms with Gasteiger partial charge in [-0.15, -0.1) is 0 Å². The van der Waals surface area contributed by atoms with Gasteiger partial charge in [-0.3, -0.25) is 0 Å². The van der Waals surface area contributed by atoms with Crippen LogP contribution in [0, 0.1) is 5.92 Å². The Kier molecular flexibility index (Phi) is 4.37. The minimum Gasteiger partial charge on any atom is -0.497 e. The van der Waals surface area contributed by atoms with Crippen LogP contribution in [0.5, 0.6) is 5.75 Å². The summed E-state index contributed by atoms with van der Waals surface area (Å²) < 4.78 is 10.00. The highest BCUT2D eigenvalue weighted by atomic mass is 16.5. The molecule has 0 amide bonds. The van der Waals surface area contributed by atoms with Crippen molar-refractivity contribution in [1.82, 2.24) is 0 Å². The second-order valence-corrected chi connectivity index (χ2v) is 6.23. The lowest BCUT2D eigenvalue weighted by molar-refractivity contribution is 0.0600. The van der Waals surface area contributed by atoms with Crippen molar-refractivity contribution >= 4 is 5.97 Å². The average molecular weight is 310 g/mol. The summed E-state index contributed by atoms with van der Waals surface area (Å²) in [7, 11) is 3.09. The molecule has 0 bridgehead atoms. The van der Waals surface area contributed by atoms with E-state index in [4.69, 9.17) is 9.47 Å². The van der Waals surface area contributed by atoms with Crippen LogP contribution in [0.3, 0.4) is 0 Å². The van der Waals surface area contributed by atoms with Crippen LogP contribution in [0.4, 0.5) is 0 Å². The summed E-state index contributed by atoms with van der Waals surface area (Å²) in [5.41, 5.74) is 3.24. The minimum absolute atomic E-state index is 0.287. The number of benzene rings is 2. The average Bonchev–Trinajstić information content (AvgIpc) is 2.59. The second kappa shape index (κ2) is 6.45. The van der Waals surface area contributed by atoms with Crippen molar-refractivity contribution < 1.29 is 14.3 Å². The molecule has 1 aliphatic rings. The van der Waals surface area contributed by atoms with Gasteiger partial charge in [-0.25, -0.2) is 4.79 Å². The SMILES string of the molecule is COC(=O)c1ccc([C@H]2C[C@@H](C)[C@@H]2c2ccc(OC)cc2)cc1. The number of carbonyl (C=O) groups excluding carboxylic acids is 1. The molecule has 3 heteroatoms. The van der Waals surface area contributed by atoms with Gasteiger partial charge in [-0.2, -0.15) is 0 Å². The lowest BCUT2D eigenvalue weighted by Crippen LogP contribution is -2.31. The molecule has 0 aromatic heterocycles. The summed E-state index contributed by atoms with van der Waals surface area (Å²) in [4.78, 5) is 11.5. The summed E-state index contributed by atoms with van der Waals surface area (Å²) in [5.74, 6) is 2.29. The van der Waals surface area contributed by atoms with E-state index in [-0.39, 0.29) is 5.97 Å². The smallest absolute Gasteiger partial charge is 0.337 e. The monoisotopic (exact) mass is 310 g/mol. The highest BCUT2D eigenvalue weighted by Gasteiger charge is 2.39. The Balaban J connectivity index is 1.80. The standard InChI is InChI=1S/C20H22O3/c1-13-12-18(14-4-6-16(7-5-14)20(21)23-3)19(13)15-8-10-17(22-2)11-9-15/h4-11,13,18-19H,12H2,1-3H3/t13-,18-,19-/m1/s1. The summed E-state index contributed by atoms with van der Waals surface area (Å²) in [6, 6.07) is 16.2. The fourth-order valence-electron chi connectivity index (χ4n) is 3.61. The van der Waals surface area contributed by atoms with E-state index >= 15 is 0 Å². The number of esters is 1. The zero-order valence-electron chi connectivity index (χ0n) is 13.8. The number of carbonyl (C=O) groups is 1. The van der Waals surface area contributed by atoms with E-state index < -0.39 is 0 Å². The van der Waals surface area contributed by atoms with Crippen LogP contribution in [0.2, 0.25) is 0 Å². The Morgan fingerprint density at radius 2 is 1.57 bits per heavy atom. The quantitative estimate of drug-likeness (QED) is 0.786. The summed E-state index contributed by atoms with van der Waals surface area (Å²) in [5, 5.41) is 0. The molecule has 3 rings (SSSR count). The lowest BCUT2D eigenvalue weighted by Gasteiger charge is -2.44. The summed E-state index contributed by atoms with van der Waals surface area (Å²) >= 11 is 0. The zero-order valence-corrected chi connectivity index (χ0v) is 13.8. The molecule has 0 N–H and O–H groups in total. The van der Waals surface area contributed by atoms with E-state index in [9.17, 15) is 4.79 Å². The molecule has 2 aromatic carbocycles. The van der Waals surface area contributed by atoms with Gasteiger partial charge < -0.3 is 9.47 Å². The first-order valence-corrected chi connectivity index (χ1v) is 7.96. The first kappa shape index (κ1) is 15.6. The molecule has 0 aliphatic heterocycles. The van der Waals surface area contributed by atoms with Crippen molar-refractivity contribution in [3.8, 4) is 5.75 Å². The van der Waals surface area contributed by atoms with Gasteiger partial charge in [-0.1, -0.05) is 31.2 Å². The van der Waals surface area contributed by atoms with Crippen LogP contribution in [0.15, 0.2) is 48.5 Å². The van der Waals surface area contributed by atoms with E-state index in [1.807, 2.05) is 24.3 Å². The van der Waals surface area contributed by atoms with Crippen LogP contribution in [-0.4, -0.2) is 20.2 Å². The molecular weight excluding hydrogens is 288 g/mol. The molecule has 3 atom stereocenters. The van der Waals surface area contributed by atoms with Gasteiger partial charge in [-0.05, 0) is 59.6 Å². The van der Waals surface area contributed by atoms with Gasteiger partial charge in [0.2, 0.25) is 0 Å². The van der Waals surface area contributed by atoms with Crippen LogP contribution in [-0.2, 0) is 4.74 Å². The van der Waals surface area contributed by atoms with Gasteiger partial charge in [0.15, 0.2) is 0 Å². The maximum absolute atomic E-state index is 11.5. The largest absolute Gasteiger partial charge is 0.497 e. The first-order chi connectivity index (χ1) is 11.1. The second-order valence-electron chi connectivity index (χ2n) is 6.23. The van der Waals surface area contributed by atoms with E-state index in [1.54, 1.807) is 7.11 Å². The molecule has 0 unspecified atom stereocenters. The van der Waals surface area contributed by atoms with Crippen molar-refractivity contribution in [2.45, 2.75) is 25.2 Å². The molecule has 120 valence electrons. The molecule has 3 nitrogen and oxygen atoms in total. The summed E-state index contributed by atoms with van der Waals surface area (Å²) in [6.07, 6.45) is 1.17. The maximum Gasteiger partial charge on any atom is 0.337 e. The number of hydrogen-bond donors (Lipinski definition) is 0. The van der Waals surface area contributed by atoms with Crippen LogP contribution < -0.4 is 4.74 Å². The predicted octanol–water partition coefficient (Wildman–Crippen LogP) is 4.39. The van der Waals surface area contributed by atoms with Gasteiger partial charge in [0.25, 0.3) is 0 Å². The third-order valence-electron chi connectivity index (χ3n) is 4.93.